The van der Waals surface area contributed by atoms with Crippen LogP contribution in [0.3, 0.4) is 0 Å². The Hall–Kier alpha value is -2.79. The van der Waals surface area contributed by atoms with Crippen LogP contribution in [0.15, 0.2) is 54.9 Å². The van der Waals surface area contributed by atoms with Gasteiger partial charge < -0.3 is 10.2 Å². The summed E-state index contributed by atoms with van der Waals surface area (Å²) in [6, 6.07) is 13.6. The molecule has 5 rings (SSSR count). The molecule has 136 valence electrons. The lowest BCUT2D eigenvalue weighted by Crippen LogP contribution is -2.52. The number of fused-ring (bicyclic) bond motifs is 3. The zero-order valence-corrected chi connectivity index (χ0v) is 15.2. The maximum Gasteiger partial charge on any atom is 0.252 e. The van der Waals surface area contributed by atoms with Gasteiger partial charge in [0.15, 0.2) is 0 Å². The van der Waals surface area contributed by atoms with Crippen molar-refractivity contribution in [3.63, 3.8) is 0 Å². The number of nitrogens with one attached hydrogen (secondary N) is 1. The third-order valence-corrected chi connectivity index (χ3v) is 5.86. The number of hydrogen-bond acceptors (Lipinski definition) is 4. The molecular weight excluding hydrogens is 336 g/mol. The Morgan fingerprint density at radius 1 is 1.11 bits per heavy atom. The molecule has 0 radical (unpaired) electrons. The quantitative estimate of drug-likeness (QED) is 0.781. The Morgan fingerprint density at radius 2 is 2.04 bits per heavy atom. The lowest BCUT2D eigenvalue weighted by molar-refractivity contribution is 0.0879. The highest BCUT2D eigenvalue weighted by Crippen LogP contribution is 2.32. The van der Waals surface area contributed by atoms with Crippen molar-refractivity contribution in [2.45, 2.75) is 24.8 Å². The van der Waals surface area contributed by atoms with Crippen LogP contribution in [0.1, 0.15) is 29.6 Å². The lowest BCUT2D eigenvalue weighted by Gasteiger charge is -2.35. The fourth-order valence-electron chi connectivity index (χ4n) is 4.49. The van der Waals surface area contributed by atoms with Gasteiger partial charge in [0.1, 0.15) is 0 Å². The predicted octanol–water partition coefficient (Wildman–Crippen LogP) is 3.26. The number of aromatic nitrogens is 2. The second-order valence-corrected chi connectivity index (χ2v) is 7.68. The summed E-state index contributed by atoms with van der Waals surface area (Å²) in [6.45, 7) is 3.20. The Labute approximate surface area is 158 Å². The SMILES string of the molecule is O=C(NC12CCCN(CC1)C2)c1cc(-c2cccnc2)nc2ccccc12. The molecule has 2 saturated heterocycles. The highest BCUT2D eigenvalue weighted by Gasteiger charge is 2.42. The van der Waals surface area contributed by atoms with Crippen LogP contribution in [0, 0.1) is 0 Å². The number of nitrogens with zero attached hydrogens (tertiary/aromatic N) is 3. The molecule has 27 heavy (non-hydrogen) atoms. The second-order valence-electron chi connectivity index (χ2n) is 7.68. The summed E-state index contributed by atoms with van der Waals surface area (Å²) in [6.07, 6.45) is 6.78. The van der Waals surface area contributed by atoms with Gasteiger partial charge in [-0.1, -0.05) is 18.2 Å². The molecule has 1 aromatic carbocycles. The van der Waals surface area contributed by atoms with Gasteiger partial charge in [-0.2, -0.15) is 0 Å². The fraction of sp³-hybridized carbons (Fsp3) is 0.318. The zero-order valence-electron chi connectivity index (χ0n) is 15.2. The van der Waals surface area contributed by atoms with Crippen molar-refractivity contribution < 1.29 is 4.79 Å². The summed E-state index contributed by atoms with van der Waals surface area (Å²) in [5, 5.41) is 4.28. The van der Waals surface area contributed by atoms with Gasteiger partial charge >= 0.3 is 0 Å². The summed E-state index contributed by atoms with van der Waals surface area (Å²) >= 11 is 0. The standard InChI is InChI=1S/C22H22N4O/c27-21(25-22-8-4-11-26(15-22)12-9-22)18-13-20(16-5-3-10-23-14-16)24-19-7-2-1-6-17(18)19/h1-3,5-7,10,13-14H,4,8-9,11-12,15H2,(H,25,27). The largest absolute Gasteiger partial charge is 0.345 e. The minimum absolute atomic E-state index is 0.00231. The smallest absolute Gasteiger partial charge is 0.252 e. The number of benzene rings is 1. The van der Waals surface area contributed by atoms with Crippen molar-refractivity contribution in [3.05, 3.63) is 60.4 Å². The number of hydrogen-bond donors (Lipinski definition) is 1. The second kappa shape index (κ2) is 6.43. The van der Waals surface area contributed by atoms with Gasteiger partial charge in [0, 0.05) is 36.4 Å². The predicted molar refractivity (Wildman–Crippen MR) is 105 cm³/mol. The molecule has 5 nitrogen and oxygen atoms in total. The monoisotopic (exact) mass is 358 g/mol. The summed E-state index contributed by atoms with van der Waals surface area (Å²) in [7, 11) is 0. The molecule has 3 aromatic rings. The minimum Gasteiger partial charge on any atom is -0.345 e. The van der Waals surface area contributed by atoms with Crippen LogP contribution in [0.2, 0.25) is 0 Å². The Kier molecular flexibility index (Phi) is 3.90. The molecule has 2 bridgehead atoms. The molecule has 2 aliphatic heterocycles. The summed E-state index contributed by atoms with van der Waals surface area (Å²) in [4.78, 5) is 24.7. The maximum atomic E-state index is 13.3. The van der Waals surface area contributed by atoms with Crippen LogP contribution >= 0.6 is 0 Å². The molecule has 2 fully saturated rings. The van der Waals surface area contributed by atoms with Crippen LogP contribution in [0.25, 0.3) is 22.2 Å². The average Bonchev–Trinajstić information content (AvgIpc) is 3.00. The van der Waals surface area contributed by atoms with E-state index in [2.05, 4.69) is 15.2 Å². The van der Waals surface area contributed by atoms with E-state index in [0.717, 1.165) is 61.1 Å². The van der Waals surface area contributed by atoms with E-state index < -0.39 is 0 Å². The third-order valence-electron chi connectivity index (χ3n) is 5.86. The van der Waals surface area contributed by atoms with E-state index in [0.29, 0.717) is 5.56 Å². The van der Waals surface area contributed by atoms with Crippen molar-refractivity contribution in [2.24, 2.45) is 0 Å². The van der Waals surface area contributed by atoms with Gasteiger partial charge in [0.25, 0.3) is 5.91 Å². The van der Waals surface area contributed by atoms with Gasteiger partial charge in [-0.15, -0.1) is 0 Å². The fourth-order valence-corrected chi connectivity index (χ4v) is 4.49. The topological polar surface area (TPSA) is 58.1 Å². The first kappa shape index (κ1) is 16.4. The van der Waals surface area contributed by atoms with Gasteiger partial charge in [-0.25, -0.2) is 4.98 Å². The van der Waals surface area contributed by atoms with Crippen molar-refractivity contribution in [1.82, 2.24) is 20.2 Å². The number of rotatable bonds is 3. The van der Waals surface area contributed by atoms with E-state index >= 15 is 0 Å². The van der Waals surface area contributed by atoms with E-state index in [9.17, 15) is 4.79 Å². The zero-order chi connectivity index (χ0) is 18.3. The Bertz CT molecular complexity index is 1000. The molecule has 5 heteroatoms. The Balaban J connectivity index is 1.56. The molecule has 2 atom stereocenters. The van der Waals surface area contributed by atoms with E-state index in [-0.39, 0.29) is 11.4 Å². The number of para-hydroxylation sites is 1. The molecule has 0 spiro atoms. The first-order valence-electron chi connectivity index (χ1n) is 9.58. The van der Waals surface area contributed by atoms with Crippen molar-refractivity contribution in [1.29, 1.82) is 0 Å². The van der Waals surface area contributed by atoms with Gasteiger partial charge in [-0.3, -0.25) is 9.78 Å². The summed E-state index contributed by atoms with van der Waals surface area (Å²) in [5.41, 5.74) is 3.14. The first-order chi connectivity index (χ1) is 13.2. The van der Waals surface area contributed by atoms with Crippen molar-refractivity contribution >= 4 is 16.8 Å². The number of piperidine rings is 1. The highest BCUT2D eigenvalue weighted by molar-refractivity contribution is 6.07. The summed E-state index contributed by atoms with van der Waals surface area (Å²) in [5.74, 6) is 0.00231. The summed E-state index contributed by atoms with van der Waals surface area (Å²) < 4.78 is 0. The molecule has 0 saturated carbocycles. The van der Waals surface area contributed by atoms with Crippen molar-refractivity contribution in [3.8, 4) is 11.3 Å². The molecule has 2 aliphatic rings. The normalized spacial score (nSPS) is 24.1. The highest BCUT2D eigenvalue weighted by atomic mass is 16.1. The van der Waals surface area contributed by atoms with Gasteiger partial charge in [0.05, 0.1) is 22.3 Å². The van der Waals surface area contributed by atoms with Crippen LogP contribution < -0.4 is 5.32 Å². The average molecular weight is 358 g/mol. The number of amides is 1. The number of carbonyl (C=O) groups excluding carboxylic acids is 1. The maximum absolute atomic E-state index is 13.3. The third kappa shape index (κ3) is 2.98. The molecule has 4 heterocycles. The van der Waals surface area contributed by atoms with Crippen LogP contribution in [-0.4, -0.2) is 45.9 Å². The van der Waals surface area contributed by atoms with Gasteiger partial charge in [0.2, 0.25) is 0 Å². The van der Waals surface area contributed by atoms with E-state index in [1.807, 2.05) is 42.5 Å². The van der Waals surface area contributed by atoms with Crippen LogP contribution in [0.4, 0.5) is 0 Å². The van der Waals surface area contributed by atoms with Crippen LogP contribution in [0.5, 0.6) is 0 Å². The number of carbonyl (C=O) groups is 1. The molecule has 2 unspecified atom stereocenters. The number of pyridine rings is 2. The molecular formula is C22H22N4O. The van der Waals surface area contributed by atoms with E-state index in [1.54, 1.807) is 12.4 Å². The molecule has 0 aliphatic carbocycles. The van der Waals surface area contributed by atoms with E-state index in [4.69, 9.17) is 4.98 Å². The van der Waals surface area contributed by atoms with Gasteiger partial charge in [-0.05, 0) is 50.1 Å². The first-order valence-corrected chi connectivity index (χ1v) is 9.58. The molecule has 1 amide bonds. The minimum atomic E-state index is -0.0752. The molecule has 1 N–H and O–H groups in total. The Morgan fingerprint density at radius 3 is 2.93 bits per heavy atom. The van der Waals surface area contributed by atoms with Crippen LogP contribution in [-0.2, 0) is 0 Å². The molecule has 2 aromatic heterocycles. The van der Waals surface area contributed by atoms with E-state index in [1.165, 1.54) is 0 Å². The lowest BCUT2D eigenvalue weighted by atomic mass is 9.90. The van der Waals surface area contributed by atoms with Crippen molar-refractivity contribution in [2.75, 3.05) is 19.6 Å².